The highest BCUT2D eigenvalue weighted by Gasteiger charge is 2.22. The van der Waals surface area contributed by atoms with Gasteiger partial charge in [-0.25, -0.2) is 4.98 Å². The minimum absolute atomic E-state index is 0.0808. The van der Waals surface area contributed by atoms with Gasteiger partial charge < -0.3 is 4.90 Å². The molecule has 0 atom stereocenters. The van der Waals surface area contributed by atoms with Crippen LogP contribution in [0.5, 0.6) is 0 Å². The van der Waals surface area contributed by atoms with Crippen LogP contribution in [0.3, 0.4) is 0 Å². The number of likely N-dealkylation sites (N-methyl/N-ethyl adjacent to an activating group) is 1. The number of nitrogens with zero attached hydrogens (tertiary/aromatic N) is 3. The molecule has 4 nitrogen and oxygen atoms in total. The maximum Gasteiger partial charge on any atom is 0.260 e. The molecule has 26 heavy (non-hydrogen) atoms. The van der Waals surface area contributed by atoms with Gasteiger partial charge >= 0.3 is 0 Å². The lowest BCUT2D eigenvalue weighted by Gasteiger charge is -2.22. The van der Waals surface area contributed by atoms with Crippen LogP contribution in [0.4, 0.5) is 5.13 Å². The van der Waals surface area contributed by atoms with E-state index in [1.807, 2.05) is 14.1 Å². The van der Waals surface area contributed by atoms with E-state index in [-0.39, 0.29) is 5.91 Å². The molecule has 3 rings (SSSR count). The largest absolute Gasteiger partial charge is 0.308 e. The standard InChI is InChI=1S/C20H22ClN3OS/c1-13-10-14(2)18-17(11-13)22-20(26-18)24(9-8-23(3)4)19(25)15-6-5-7-16(21)12-15/h5-7,10-12H,8-9H2,1-4H3. The Hall–Kier alpha value is -1.95. The molecule has 0 aliphatic carbocycles. The van der Waals surface area contributed by atoms with E-state index in [4.69, 9.17) is 16.6 Å². The molecule has 0 fully saturated rings. The van der Waals surface area contributed by atoms with Gasteiger partial charge in [-0.15, -0.1) is 0 Å². The molecule has 1 aromatic heterocycles. The molecular weight excluding hydrogens is 366 g/mol. The zero-order valence-electron chi connectivity index (χ0n) is 15.4. The number of anilines is 1. The molecule has 0 spiro atoms. The summed E-state index contributed by atoms with van der Waals surface area (Å²) >= 11 is 7.64. The summed E-state index contributed by atoms with van der Waals surface area (Å²) in [7, 11) is 3.99. The van der Waals surface area contributed by atoms with Gasteiger partial charge in [0, 0.05) is 23.7 Å². The quantitative estimate of drug-likeness (QED) is 0.632. The van der Waals surface area contributed by atoms with Crippen molar-refractivity contribution >= 4 is 44.2 Å². The Kier molecular flexibility index (Phi) is 5.61. The van der Waals surface area contributed by atoms with Crippen molar-refractivity contribution in [3.05, 3.63) is 58.1 Å². The number of aryl methyl sites for hydroxylation is 2. The summed E-state index contributed by atoms with van der Waals surface area (Å²) in [6.07, 6.45) is 0. The van der Waals surface area contributed by atoms with Crippen molar-refractivity contribution in [1.82, 2.24) is 9.88 Å². The summed E-state index contributed by atoms with van der Waals surface area (Å²) in [5.41, 5.74) is 3.87. The second-order valence-electron chi connectivity index (χ2n) is 6.70. The van der Waals surface area contributed by atoms with E-state index >= 15 is 0 Å². The van der Waals surface area contributed by atoms with Crippen molar-refractivity contribution in [2.45, 2.75) is 13.8 Å². The van der Waals surface area contributed by atoms with E-state index in [0.717, 1.165) is 21.9 Å². The van der Waals surface area contributed by atoms with Crippen LogP contribution in [0.1, 0.15) is 21.5 Å². The van der Waals surface area contributed by atoms with Crippen molar-refractivity contribution in [2.75, 3.05) is 32.1 Å². The summed E-state index contributed by atoms with van der Waals surface area (Å²) in [5, 5.41) is 1.28. The Morgan fingerprint density at radius 3 is 2.62 bits per heavy atom. The molecule has 3 aromatic rings. The molecule has 0 N–H and O–H groups in total. The highest BCUT2D eigenvalue weighted by molar-refractivity contribution is 7.22. The number of hydrogen-bond acceptors (Lipinski definition) is 4. The van der Waals surface area contributed by atoms with Crippen LogP contribution in [0, 0.1) is 13.8 Å². The zero-order chi connectivity index (χ0) is 18.8. The molecule has 1 heterocycles. The van der Waals surface area contributed by atoms with Crippen LogP contribution in [-0.2, 0) is 0 Å². The highest BCUT2D eigenvalue weighted by Crippen LogP contribution is 2.32. The van der Waals surface area contributed by atoms with E-state index in [1.54, 1.807) is 40.5 Å². The first-order chi connectivity index (χ1) is 12.3. The summed E-state index contributed by atoms with van der Waals surface area (Å²) in [4.78, 5) is 21.7. The molecule has 1 amide bonds. The molecule has 2 aromatic carbocycles. The number of amides is 1. The van der Waals surface area contributed by atoms with Crippen LogP contribution in [0.25, 0.3) is 10.2 Å². The summed E-state index contributed by atoms with van der Waals surface area (Å²) in [5.74, 6) is -0.0808. The van der Waals surface area contributed by atoms with Crippen molar-refractivity contribution < 1.29 is 4.79 Å². The van der Waals surface area contributed by atoms with E-state index in [9.17, 15) is 4.79 Å². The number of fused-ring (bicyclic) bond motifs is 1. The third kappa shape index (κ3) is 4.06. The van der Waals surface area contributed by atoms with Gasteiger partial charge in [0.05, 0.1) is 10.2 Å². The fraction of sp³-hybridized carbons (Fsp3) is 0.300. The van der Waals surface area contributed by atoms with Gasteiger partial charge in [-0.1, -0.05) is 35.1 Å². The van der Waals surface area contributed by atoms with Crippen molar-refractivity contribution in [3.8, 4) is 0 Å². The Labute approximate surface area is 163 Å². The van der Waals surface area contributed by atoms with Gasteiger partial charge in [-0.05, 0) is 63.3 Å². The number of thiazole rings is 1. The minimum Gasteiger partial charge on any atom is -0.308 e. The van der Waals surface area contributed by atoms with Gasteiger partial charge in [0.1, 0.15) is 0 Å². The van der Waals surface area contributed by atoms with E-state index in [2.05, 4.69) is 30.9 Å². The van der Waals surface area contributed by atoms with Crippen LogP contribution in [0.2, 0.25) is 5.02 Å². The molecule has 136 valence electrons. The topological polar surface area (TPSA) is 36.4 Å². The van der Waals surface area contributed by atoms with Crippen LogP contribution < -0.4 is 4.90 Å². The van der Waals surface area contributed by atoms with Crippen molar-refractivity contribution in [2.24, 2.45) is 0 Å². The fourth-order valence-electron chi connectivity index (χ4n) is 2.84. The number of benzene rings is 2. The Morgan fingerprint density at radius 2 is 1.92 bits per heavy atom. The number of halogens is 1. The van der Waals surface area contributed by atoms with E-state index in [0.29, 0.717) is 17.1 Å². The number of hydrogen-bond donors (Lipinski definition) is 0. The average molecular weight is 388 g/mol. The van der Waals surface area contributed by atoms with Crippen molar-refractivity contribution in [3.63, 3.8) is 0 Å². The molecule has 6 heteroatoms. The van der Waals surface area contributed by atoms with Gasteiger partial charge in [0.25, 0.3) is 5.91 Å². The predicted octanol–water partition coefficient (Wildman–Crippen LogP) is 4.77. The van der Waals surface area contributed by atoms with Gasteiger partial charge in [0.15, 0.2) is 5.13 Å². The number of carbonyl (C=O) groups excluding carboxylic acids is 1. The summed E-state index contributed by atoms with van der Waals surface area (Å²) in [6, 6.07) is 11.3. The second kappa shape index (κ2) is 7.74. The molecule has 0 unspecified atom stereocenters. The van der Waals surface area contributed by atoms with E-state index in [1.165, 1.54) is 11.1 Å². The van der Waals surface area contributed by atoms with Crippen molar-refractivity contribution in [1.29, 1.82) is 0 Å². The fourth-order valence-corrected chi connectivity index (χ4v) is 4.07. The predicted molar refractivity (Wildman–Crippen MR) is 111 cm³/mol. The number of carbonyl (C=O) groups is 1. The normalized spacial score (nSPS) is 11.3. The first-order valence-corrected chi connectivity index (χ1v) is 9.64. The Balaban J connectivity index is 2.03. The molecule has 0 radical (unpaired) electrons. The number of rotatable bonds is 5. The molecule has 0 saturated carbocycles. The van der Waals surface area contributed by atoms with Crippen LogP contribution in [0.15, 0.2) is 36.4 Å². The Bertz CT molecular complexity index is 951. The molecule has 0 bridgehead atoms. The third-order valence-electron chi connectivity index (χ3n) is 4.13. The average Bonchev–Trinajstić information content (AvgIpc) is 2.98. The molecule has 0 aliphatic heterocycles. The maximum absolute atomic E-state index is 13.2. The number of aromatic nitrogens is 1. The highest BCUT2D eigenvalue weighted by atomic mass is 35.5. The Morgan fingerprint density at radius 1 is 1.15 bits per heavy atom. The smallest absolute Gasteiger partial charge is 0.260 e. The first kappa shape index (κ1) is 18.8. The lowest BCUT2D eigenvalue weighted by Crippen LogP contribution is -2.36. The molecule has 0 aliphatic rings. The van der Waals surface area contributed by atoms with Gasteiger partial charge in [-0.2, -0.15) is 0 Å². The van der Waals surface area contributed by atoms with E-state index < -0.39 is 0 Å². The maximum atomic E-state index is 13.2. The lowest BCUT2D eigenvalue weighted by molar-refractivity contribution is 0.0985. The lowest BCUT2D eigenvalue weighted by atomic mass is 10.1. The SMILES string of the molecule is Cc1cc(C)c2sc(N(CCN(C)C)C(=O)c3cccc(Cl)c3)nc2c1. The third-order valence-corrected chi connectivity index (χ3v) is 5.59. The molecular formula is C20H22ClN3OS. The minimum atomic E-state index is -0.0808. The zero-order valence-corrected chi connectivity index (χ0v) is 17.0. The van der Waals surface area contributed by atoms with Crippen LogP contribution in [-0.4, -0.2) is 43.0 Å². The van der Waals surface area contributed by atoms with Gasteiger partial charge in [-0.3, -0.25) is 9.69 Å². The molecule has 0 saturated heterocycles. The first-order valence-electron chi connectivity index (χ1n) is 8.45. The second-order valence-corrected chi connectivity index (χ2v) is 8.11. The summed E-state index contributed by atoms with van der Waals surface area (Å²) in [6.45, 7) is 5.46. The van der Waals surface area contributed by atoms with Crippen LogP contribution >= 0.6 is 22.9 Å². The monoisotopic (exact) mass is 387 g/mol. The van der Waals surface area contributed by atoms with Gasteiger partial charge in [0.2, 0.25) is 0 Å². The summed E-state index contributed by atoms with van der Waals surface area (Å²) < 4.78 is 1.12.